The third-order valence-corrected chi connectivity index (χ3v) is 4.24. The van der Waals surface area contributed by atoms with Gasteiger partial charge in [-0.1, -0.05) is 0 Å². The van der Waals surface area contributed by atoms with Crippen LogP contribution >= 0.6 is 0 Å². The lowest BCUT2D eigenvalue weighted by atomic mass is 10.1. The quantitative estimate of drug-likeness (QED) is 0.794. The minimum absolute atomic E-state index is 0.0462. The third-order valence-electron chi connectivity index (χ3n) is 4.24. The number of rotatable bonds is 4. The van der Waals surface area contributed by atoms with E-state index in [9.17, 15) is 9.59 Å². The Morgan fingerprint density at radius 3 is 2.76 bits per heavy atom. The molecule has 1 aromatic heterocycles. The van der Waals surface area contributed by atoms with Gasteiger partial charge in [-0.25, -0.2) is 4.79 Å². The number of benzene rings is 1. The summed E-state index contributed by atoms with van der Waals surface area (Å²) in [4.78, 5) is 30.3. The van der Waals surface area contributed by atoms with Gasteiger partial charge in [0.2, 0.25) is 0 Å². The molecule has 0 fully saturated rings. The molecule has 25 heavy (non-hydrogen) atoms. The van der Waals surface area contributed by atoms with Gasteiger partial charge in [-0.3, -0.25) is 14.7 Å². The van der Waals surface area contributed by atoms with E-state index in [0.717, 1.165) is 22.2 Å². The summed E-state index contributed by atoms with van der Waals surface area (Å²) in [5.41, 5.74) is 2.37. The second kappa shape index (κ2) is 6.96. The van der Waals surface area contributed by atoms with E-state index in [-0.39, 0.29) is 12.4 Å². The number of hydrogen-bond acceptors (Lipinski definition) is 6. The van der Waals surface area contributed by atoms with E-state index in [4.69, 9.17) is 14.2 Å². The Morgan fingerprint density at radius 2 is 2.08 bits per heavy atom. The monoisotopic (exact) mass is 344 g/mol. The number of fused-ring (bicyclic) bond motifs is 2. The number of hydrogen-bond donors (Lipinski definition) is 0. The van der Waals surface area contributed by atoms with E-state index in [1.165, 1.54) is 12.0 Å². The van der Waals surface area contributed by atoms with Crippen molar-refractivity contribution in [3.63, 3.8) is 0 Å². The van der Waals surface area contributed by atoms with Crippen LogP contribution in [0.1, 0.15) is 30.6 Å². The average molecular weight is 344 g/mol. The van der Waals surface area contributed by atoms with E-state index in [0.29, 0.717) is 18.8 Å². The molecule has 3 rings (SSSR count). The number of aromatic nitrogens is 1. The molecular formula is C18H20N2O5. The number of carbonyl (C=O) groups excluding carboxylic acids is 2. The normalized spacial score (nSPS) is 15.8. The summed E-state index contributed by atoms with van der Waals surface area (Å²) < 4.78 is 15.1. The van der Waals surface area contributed by atoms with Crippen LogP contribution < -0.4 is 4.74 Å². The Bertz CT molecular complexity index is 820. The molecule has 0 spiro atoms. The van der Waals surface area contributed by atoms with Gasteiger partial charge in [-0.2, -0.15) is 0 Å². The number of nitrogens with zero attached hydrogens (tertiary/aromatic N) is 2. The first-order valence-electron chi connectivity index (χ1n) is 8.05. The molecule has 7 heteroatoms. The van der Waals surface area contributed by atoms with E-state index >= 15 is 0 Å². The van der Waals surface area contributed by atoms with Crippen LogP contribution in [0.25, 0.3) is 10.9 Å². The molecule has 2 aromatic rings. The zero-order valence-corrected chi connectivity index (χ0v) is 14.4. The van der Waals surface area contributed by atoms with Gasteiger partial charge >= 0.3 is 12.1 Å². The lowest BCUT2D eigenvalue weighted by Crippen LogP contribution is -2.31. The Labute approximate surface area is 145 Å². The van der Waals surface area contributed by atoms with Crippen LogP contribution in [0.15, 0.2) is 24.3 Å². The van der Waals surface area contributed by atoms with Gasteiger partial charge in [0.1, 0.15) is 5.75 Å². The second-order valence-corrected chi connectivity index (χ2v) is 5.71. The SMILES string of the molecule is CCOC(=O)CC1c2nc3ccc(OC)cc3cc2CN1C(=O)OC. The highest BCUT2D eigenvalue weighted by Gasteiger charge is 2.37. The fraction of sp³-hybridized carbons (Fsp3) is 0.389. The summed E-state index contributed by atoms with van der Waals surface area (Å²) in [5.74, 6) is 0.367. The highest BCUT2D eigenvalue weighted by Crippen LogP contribution is 2.37. The predicted molar refractivity (Wildman–Crippen MR) is 90.2 cm³/mol. The molecule has 0 saturated carbocycles. The number of methoxy groups -OCH3 is 2. The van der Waals surface area contributed by atoms with Gasteiger partial charge in [0.15, 0.2) is 0 Å². The first kappa shape index (κ1) is 17.0. The van der Waals surface area contributed by atoms with Crippen molar-refractivity contribution in [1.82, 2.24) is 9.88 Å². The summed E-state index contributed by atoms with van der Waals surface area (Å²) in [6.45, 7) is 2.38. The van der Waals surface area contributed by atoms with Gasteiger partial charge in [0.25, 0.3) is 0 Å². The lowest BCUT2D eigenvalue weighted by Gasteiger charge is -2.22. The van der Waals surface area contributed by atoms with Crippen LogP contribution in [-0.2, 0) is 20.8 Å². The Kier molecular flexibility index (Phi) is 4.74. The summed E-state index contributed by atoms with van der Waals surface area (Å²) in [6, 6.07) is 7.06. The van der Waals surface area contributed by atoms with E-state index in [2.05, 4.69) is 4.98 Å². The van der Waals surface area contributed by atoms with Crippen molar-refractivity contribution >= 4 is 23.0 Å². The molecule has 0 bridgehead atoms. The number of ether oxygens (including phenoxy) is 3. The van der Waals surface area contributed by atoms with Crippen LogP contribution in [0.2, 0.25) is 0 Å². The van der Waals surface area contributed by atoms with Crippen LogP contribution in [0.3, 0.4) is 0 Å². The minimum atomic E-state index is -0.493. The maximum absolute atomic E-state index is 12.1. The highest BCUT2D eigenvalue weighted by molar-refractivity contribution is 5.82. The zero-order chi connectivity index (χ0) is 18.0. The molecule has 132 valence electrons. The third kappa shape index (κ3) is 3.22. The van der Waals surface area contributed by atoms with Crippen molar-refractivity contribution in [3.05, 3.63) is 35.5 Å². The molecule has 1 unspecified atom stereocenters. The maximum atomic E-state index is 12.1. The molecule has 1 aliphatic rings. The predicted octanol–water partition coefficient (Wildman–Crippen LogP) is 2.82. The molecule has 0 N–H and O–H groups in total. The molecule has 1 aromatic carbocycles. The van der Waals surface area contributed by atoms with Gasteiger partial charge in [-0.05, 0) is 36.8 Å². The molecule has 0 radical (unpaired) electrons. The molecule has 1 aliphatic heterocycles. The fourth-order valence-corrected chi connectivity index (χ4v) is 3.09. The minimum Gasteiger partial charge on any atom is -0.497 e. The molecule has 2 heterocycles. The van der Waals surface area contributed by atoms with Crippen molar-refractivity contribution in [1.29, 1.82) is 0 Å². The van der Waals surface area contributed by atoms with Crippen LogP contribution in [0, 0.1) is 0 Å². The molecule has 1 amide bonds. The van der Waals surface area contributed by atoms with Gasteiger partial charge in [0.05, 0.1) is 51.0 Å². The van der Waals surface area contributed by atoms with E-state index in [1.54, 1.807) is 14.0 Å². The Morgan fingerprint density at radius 1 is 1.28 bits per heavy atom. The fourth-order valence-electron chi connectivity index (χ4n) is 3.09. The van der Waals surface area contributed by atoms with Crippen molar-refractivity contribution in [2.45, 2.75) is 25.9 Å². The summed E-state index contributed by atoms with van der Waals surface area (Å²) >= 11 is 0. The molecule has 0 aliphatic carbocycles. The number of amides is 1. The Balaban J connectivity index is 2.02. The lowest BCUT2D eigenvalue weighted by molar-refractivity contribution is -0.144. The number of esters is 1. The van der Waals surface area contributed by atoms with Crippen LogP contribution in [-0.4, -0.2) is 42.8 Å². The van der Waals surface area contributed by atoms with Crippen molar-refractivity contribution < 1.29 is 23.8 Å². The van der Waals surface area contributed by atoms with Crippen LogP contribution in [0.5, 0.6) is 5.75 Å². The largest absolute Gasteiger partial charge is 0.497 e. The van der Waals surface area contributed by atoms with Crippen molar-refractivity contribution in [3.8, 4) is 5.75 Å². The van der Waals surface area contributed by atoms with Crippen molar-refractivity contribution in [2.24, 2.45) is 0 Å². The summed E-state index contributed by atoms with van der Waals surface area (Å²) in [7, 11) is 2.93. The van der Waals surface area contributed by atoms with Crippen LogP contribution in [0.4, 0.5) is 4.79 Å². The van der Waals surface area contributed by atoms with Gasteiger partial charge in [0, 0.05) is 5.39 Å². The smallest absolute Gasteiger partial charge is 0.410 e. The molecular weight excluding hydrogens is 324 g/mol. The van der Waals surface area contributed by atoms with Crippen molar-refractivity contribution in [2.75, 3.05) is 20.8 Å². The molecule has 1 atom stereocenters. The zero-order valence-electron chi connectivity index (χ0n) is 14.4. The maximum Gasteiger partial charge on any atom is 0.410 e. The molecule has 0 saturated heterocycles. The Hall–Kier alpha value is -2.83. The molecule has 7 nitrogen and oxygen atoms in total. The highest BCUT2D eigenvalue weighted by atomic mass is 16.5. The summed E-state index contributed by atoms with van der Waals surface area (Å²) in [5, 5.41) is 0.916. The summed E-state index contributed by atoms with van der Waals surface area (Å²) in [6.07, 6.45) is -0.445. The first-order chi connectivity index (χ1) is 12.1. The average Bonchev–Trinajstić information content (AvgIpc) is 2.96. The van der Waals surface area contributed by atoms with Gasteiger partial charge in [-0.15, -0.1) is 0 Å². The first-order valence-corrected chi connectivity index (χ1v) is 8.05. The number of pyridine rings is 1. The van der Waals surface area contributed by atoms with Gasteiger partial charge < -0.3 is 14.2 Å². The standard InChI is InChI=1S/C18H20N2O5/c1-4-25-16(21)9-15-17-12(10-20(15)18(22)24-3)7-11-8-13(23-2)5-6-14(11)19-17/h5-8,15H,4,9-10H2,1-3H3. The second-order valence-electron chi connectivity index (χ2n) is 5.71. The topological polar surface area (TPSA) is 78.0 Å². The van der Waals surface area contributed by atoms with E-state index in [1.807, 2.05) is 24.3 Å². The number of carbonyl (C=O) groups is 2. The van der Waals surface area contributed by atoms with E-state index < -0.39 is 12.1 Å².